The highest BCUT2D eigenvalue weighted by Gasteiger charge is 2.47. The molecule has 1 aromatic carbocycles. The van der Waals surface area contributed by atoms with Gasteiger partial charge in [-0.05, 0) is 55.9 Å². The fourth-order valence-electron chi connectivity index (χ4n) is 4.21. The second-order valence-electron chi connectivity index (χ2n) is 6.28. The molecule has 0 aromatic heterocycles. The van der Waals surface area contributed by atoms with Crippen molar-refractivity contribution in [2.75, 3.05) is 0 Å². The summed E-state index contributed by atoms with van der Waals surface area (Å²) in [5.41, 5.74) is 9.80. The molecule has 0 amide bonds. The quantitative estimate of drug-likeness (QED) is 0.469. The molecule has 0 N–H and O–H groups in total. The molecule has 0 aliphatic heterocycles. The van der Waals surface area contributed by atoms with Crippen LogP contribution in [0, 0.1) is 11.3 Å². The average molecular weight is 268 g/mol. The molecule has 3 aliphatic rings. The first-order valence-corrected chi connectivity index (χ1v) is 7.52. The fourth-order valence-corrected chi connectivity index (χ4v) is 4.21. The molecule has 3 aliphatic carbocycles. The fraction of sp³-hybridized carbons (Fsp3) is 0.529. The standard InChI is InChI=1S/C17H20N2O/c18-19-12-16(20)17-9-6-14(7-10-17)15(8-11-17)13-4-2-1-3-5-13/h1-5,12,14-15H,6-11H2/t14?,15-,17?/m0/s1. The number of carbonyl (C=O) groups excluding carboxylic acids is 1. The molecule has 1 atom stereocenters. The molecule has 0 saturated heterocycles. The first-order valence-electron chi connectivity index (χ1n) is 7.52. The van der Waals surface area contributed by atoms with E-state index >= 15 is 0 Å². The summed E-state index contributed by atoms with van der Waals surface area (Å²) in [5, 5.41) is 0. The highest BCUT2D eigenvalue weighted by atomic mass is 16.1. The molecular weight excluding hydrogens is 248 g/mol. The second kappa shape index (κ2) is 5.34. The molecule has 3 fully saturated rings. The van der Waals surface area contributed by atoms with Gasteiger partial charge in [-0.25, -0.2) is 0 Å². The summed E-state index contributed by atoms with van der Waals surface area (Å²) in [5.74, 6) is 1.30. The topological polar surface area (TPSA) is 53.5 Å². The van der Waals surface area contributed by atoms with Crippen LogP contribution >= 0.6 is 0 Å². The van der Waals surface area contributed by atoms with Gasteiger partial charge in [-0.1, -0.05) is 30.3 Å². The van der Waals surface area contributed by atoms with E-state index in [-0.39, 0.29) is 11.2 Å². The van der Waals surface area contributed by atoms with E-state index in [0.29, 0.717) is 11.8 Å². The number of nitrogens with zero attached hydrogens (tertiary/aromatic N) is 2. The van der Waals surface area contributed by atoms with E-state index in [1.54, 1.807) is 0 Å². The Kier molecular flexibility index (Phi) is 3.54. The Labute approximate surface area is 119 Å². The minimum atomic E-state index is -0.258. The minimum absolute atomic E-state index is 0.0205. The Hall–Kier alpha value is -1.73. The van der Waals surface area contributed by atoms with Crippen molar-refractivity contribution in [3.05, 3.63) is 41.4 Å². The van der Waals surface area contributed by atoms with Crippen LogP contribution in [0.4, 0.5) is 0 Å². The van der Waals surface area contributed by atoms with Crippen LogP contribution in [0.3, 0.4) is 0 Å². The van der Waals surface area contributed by atoms with Crippen molar-refractivity contribution in [1.29, 1.82) is 0 Å². The second-order valence-corrected chi connectivity index (χ2v) is 6.28. The van der Waals surface area contributed by atoms with E-state index in [0.717, 1.165) is 44.7 Å². The van der Waals surface area contributed by atoms with Crippen LogP contribution in [-0.4, -0.2) is 16.8 Å². The Morgan fingerprint density at radius 1 is 1.15 bits per heavy atom. The van der Waals surface area contributed by atoms with Crippen LogP contribution in [-0.2, 0) is 4.79 Å². The van der Waals surface area contributed by atoms with Gasteiger partial charge in [0.25, 0.3) is 0 Å². The van der Waals surface area contributed by atoms with Gasteiger partial charge in [0.05, 0.1) is 0 Å². The van der Waals surface area contributed by atoms with E-state index in [1.807, 2.05) is 0 Å². The summed E-state index contributed by atoms with van der Waals surface area (Å²) in [6.45, 7) is 0. The van der Waals surface area contributed by atoms with Gasteiger partial charge in [-0.15, -0.1) is 0 Å². The molecule has 3 nitrogen and oxygen atoms in total. The number of hydrogen-bond donors (Lipinski definition) is 0. The predicted molar refractivity (Wildman–Crippen MR) is 77.5 cm³/mol. The summed E-state index contributed by atoms with van der Waals surface area (Å²) in [6, 6.07) is 10.7. The third-order valence-electron chi connectivity index (χ3n) is 5.42. The minimum Gasteiger partial charge on any atom is -0.361 e. The highest BCUT2D eigenvalue weighted by molar-refractivity contribution is 6.27. The van der Waals surface area contributed by atoms with Crippen LogP contribution in [0.1, 0.15) is 50.0 Å². The lowest BCUT2D eigenvalue weighted by molar-refractivity contribution is -0.127. The van der Waals surface area contributed by atoms with Crippen molar-refractivity contribution in [2.24, 2.45) is 11.3 Å². The molecule has 3 heteroatoms. The van der Waals surface area contributed by atoms with Crippen molar-refractivity contribution >= 4 is 12.0 Å². The monoisotopic (exact) mass is 268 g/mol. The number of carbonyl (C=O) groups is 1. The summed E-state index contributed by atoms with van der Waals surface area (Å²) >= 11 is 0. The normalized spacial score (nSPS) is 32.2. The zero-order chi connectivity index (χ0) is 14.0. The van der Waals surface area contributed by atoms with Crippen LogP contribution < -0.4 is 0 Å². The lowest BCUT2D eigenvalue weighted by Crippen LogP contribution is -2.34. The molecule has 0 heterocycles. The first-order chi connectivity index (χ1) is 9.75. The molecule has 104 valence electrons. The summed E-state index contributed by atoms with van der Waals surface area (Å²) in [6.07, 6.45) is 7.24. The summed E-state index contributed by atoms with van der Waals surface area (Å²) < 4.78 is 0. The smallest absolute Gasteiger partial charge is 0.323 e. The Morgan fingerprint density at radius 2 is 1.80 bits per heavy atom. The lowest BCUT2D eigenvalue weighted by Gasteiger charge is -2.34. The van der Waals surface area contributed by atoms with E-state index < -0.39 is 0 Å². The van der Waals surface area contributed by atoms with Gasteiger partial charge < -0.3 is 5.53 Å². The number of hydrogen-bond acceptors (Lipinski definition) is 1. The Balaban J connectivity index is 1.86. The zero-order valence-electron chi connectivity index (χ0n) is 11.7. The Morgan fingerprint density at radius 3 is 2.45 bits per heavy atom. The molecule has 4 rings (SSSR count). The molecule has 0 unspecified atom stereocenters. The highest BCUT2D eigenvalue weighted by Crippen LogP contribution is 2.53. The van der Waals surface area contributed by atoms with Crippen molar-refractivity contribution in [3.8, 4) is 0 Å². The predicted octanol–water partition coefficient (Wildman–Crippen LogP) is 3.61. The van der Waals surface area contributed by atoms with Crippen LogP contribution in [0.15, 0.2) is 30.3 Å². The van der Waals surface area contributed by atoms with Gasteiger partial charge in [0.1, 0.15) is 0 Å². The molecule has 0 radical (unpaired) electrons. The molecular formula is C17H20N2O. The van der Waals surface area contributed by atoms with Gasteiger partial charge in [0, 0.05) is 5.41 Å². The number of ketones is 1. The van der Waals surface area contributed by atoms with Crippen molar-refractivity contribution in [1.82, 2.24) is 0 Å². The molecule has 0 spiro atoms. The van der Waals surface area contributed by atoms with Crippen LogP contribution in [0.2, 0.25) is 0 Å². The number of benzene rings is 1. The third kappa shape index (κ3) is 2.23. The van der Waals surface area contributed by atoms with Gasteiger partial charge in [0.2, 0.25) is 5.78 Å². The van der Waals surface area contributed by atoms with Crippen LogP contribution in [0.25, 0.3) is 5.53 Å². The van der Waals surface area contributed by atoms with Crippen molar-refractivity contribution in [3.63, 3.8) is 0 Å². The van der Waals surface area contributed by atoms with Crippen LogP contribution in [0.5, 0.6) is 0 Å². The number of Topliss-reactive ketones (excluding diaryl/α,β-unsaturated/α-hetero) is 1. The SMILES string of the molecule is [N-]=[N+]=CC(=O)C12CCC(CC1)[C@H](c1ccccc1)CC2. The third-order valence-corrected chi connectivity index (χ3v) is 5.42. The van der Waals surface area contributed by atoms with E-state index in [4.69, 9.17) is 5.53 Å². The maximum Gasteiger partial charge on any atom is 0.323 e. The molecule has 2 bridgehead atoms. The maximum atomic E-state index is 12.3. The van der Waals surface area contributed by atoms with Gasteiger partial charge in [0.15, 0.2) is 0 Å². The van der Waals surface area contributed by atoms with Crippen molar-refractivity contribution in [2.45, 2.75) is 44.4 Å². The zero-order valence-corrected chi connectivity index (χ0v) is 11.7. The van der Waals surface area contributed by atoms with Gasteiger partial charge in [-0.2, -0.15) is 4.79 Å². The summed E-state index contributed by atoms with van der Waals surface area (Å²) in [7, 11) is 0. The average Bonchev–Trinajstić information content (AvgIpc) is 2.80. The summed E-state index contributed by atoms with van der Waals surface area (Å²) in [4.78, 5) is 15.2. The number of fused-ring (bicyclic) bond motifs is 4. The van der Waals surface area contributed by atoms with Gasteiger partial charge in [-0.3, -0.25) is 4.79 Å². The Bertz CT molecular complexity index is 537. The van der Waals surface area contributed by atoms with Gasteiger partial charge >= 0.3 is 6.21 Å². The molecule has 20 heavy (non-hydrogen) atoms. The maximum absolute atomic E-state index is 12.3. The largest absolute Gasteiger partial charge is 0.361 e. The van der Waals surface area contributed by atoms with E-state index in [9.17, 15) is 4.79 Å². The molecule has 3 saturated carbocycles. The van der Waals surface area contributed by atoms with E-state index in [1.165, 1.54) is 5.56 Å². The molecule has 1 aromatic rings. The lowest BCUT2D eigenvalue weighted by atomic mass is 9.68. The first kappa shape index (κ1) is 13.3. The van der Waals surface area contributed by atoms with Crippen molar-refractivity contribution < 1.29 is 9.58 Å². The van der Waals surface area contributed by atoms with E-state index in [2.05, 4.69) is 35.1 Å². The number of rotatable bonds is 3.